The van der Waals surface area contributed by atoms with Crippen LogP contribution in [0.5, 0.6) is 0 Å². The maximum absolute atomic E-state index is 6.24. The third-order valence-corrected chi connectivity index (χ3v) is 3.35. The van der Waals surface area contributed by atoms with Crippen molar-refractivity contribution in [3.63, 3.8) is 0 Å². The van der Waals surface area contributed by atoms with Crippen LogP contribution >= 0.6 is 23.2 Å². The van der Waals surface area contributed by atoms with Gasteiger partial charge in [-0.15, -0.1) is 11.6 Å². The normalized spacial score (nSPS) is 11.2. The molecule has 0 spiro atoms. The fourth-order valence-corrected chi connectivity index (χ4v) is 2.50. The van der Waals surface area contributed by atoms with E-state index in [2.05, 4.69) is 4.98 Å². The number of benzene rings is 1. The van der Waals surface area contributed by atoms with Crippen molar-refractivity contribution in [3.05, 3.63) is 53.2 Å². The van der Waals surface area contributed by atoms with Crippen LogP contribution in [0.3, 0.4) is 0 Å². The van der Waals surface area contributed by atoms with Gasteiger partial charge >= 0.3 is 0 Å². The minimum atomic E-state index is 0.339. The van der Waals surface area contributed by atoms with E-state index in [1.54, 1.807) is 6.26 Å². The van der Waals surface area contributed by atoms with Crippen LogP contribution in [0.1, 0.15) is 11.6 Å². The maximum Gasteiger partial charge on any atom is 0.125 e. The molecule has 0 aliphatic heterocycles. The van der Waals surface area contributed by atoms with E-state index in [1.165, 1.54) is 0 Å². The van der Waals surface area contributed by atoms with Gasteiger partial charge in [0.05, 0.1) is 34.7 Å². The summed E-state index contributed by atoms with van der Waals surface area (Å²) in [5.74, 6) is 1.97. The van der Waals surface area contributed by atoms with E-state index in [4.69, 9.17) is 27.6 Å². The zero-order valence-corrected chi connectivity index (χ0v) is 10.9. The molecule has 0 saturated heterocycles. The quantitative estimate of drug-likeness (QED) is 0.677. The van der Waals surface area contributed by atoms with E-state index in [-0.39, 0.29) is 0 Å². The SMILES string of the molecule is ClCc1nc2cccc(Cl)c2n1Cc1ccco1. The van der Waals surface area contributed by atoms with Crippen LogP contribution in [0.2, 0.25) is 5.02 Å². The molecule has 0 amide bonds. The number of fused-ring (bicyclic) bond motifs is 1. The zero-order chi connectivity index (χ0) is 12.5. The summed E-state index contributed by atoms with van der Waals surface area (Å²) in [4.78, 5) is 4.48. The number of furan rings is 1. The van der Waals surface area contributed by atoms with Gasteiger partial charge in [0, 0.05) is 0 Å². The molecule has 5 heteroatoms. The molecule has 0 unspecified atom stereocenters. The second-order valence-electron chi connectivity index (χ2n) is 3.93. The average molecular weight is 281 g/mol. The van der Waals surface area contributed by atoms with Crippen LogP contribution in [0.25, 0.3) is 11.0 Å². The largest absolute Gasteiger partial charge is 0.467 e. The van der Waals surface area contributed by atoms with E-state index in [1.807, 2.05) is 34.9 Å². The van der Waals surface area contributed by atoms with Gasteiger partial charge in [0.15, 0.2) is 0 Å². The molecule has 3 nitrogen and oxygen atoms in total. The molecule has 0 aliphatic rings. The number of halogens is 2. The maximum atomic E-state index is 6.24. The number of rotatable bonds is 3. The van der Waals surface area contributed by atoms with E-state index in [0.29, 0.717) is 17.4 Å². The highest BCUT2D eigenvalue weighted by Crippen LogP contribution is 2.26. The Morgan fingerprint density at radius 1 is 1.22 bits per heavy atom. The van der Waals surface area contributed by atoms with Gasteiger partial charge in [0.2, 0.25) is 0 Å². The van der Waals surface area contributed by atoms with Crippen LogP contribution in [-0.2, 0) is 12.4 Å². The van der Waals surface area contributed by atoms with Crippen LogP contribution in [0.15, 0.2) is 41.0 Å². The molecule has 0 atom stereocenters. The Hall–Kier alpha value is -1.45. The lowest BCUT2D eigenvalue weighted by Crippen LogP contribution is -2.03. The number of alkyl halides is 1. The summed E-state index contributed by atoms with van der Waals surface area (Å²) < 4.78 is 7.35. The summed E-state index contributed by atoms with van der Waals surface area (Å²) >= 11 is 12.2. The van der Waals surface area contributed by atoms with Crippen molar-refractivity contribution in [2.45, 2.75) is 12.4 Å². The molecule has 1 aromatic carbocycles. The standard InChI is InChI=1S/C13H10Cl2N2O/c14-7-12-16-11-5-1-4-10(15)13(11)17(12)8-9-3-2-6-18-9/h1-6H,7-8H2. The average Bonchev–Trinajstić information content (AvgIpc) is 2.98. The van der Waals surface area contributed by atoms with Crippen LogP contribution in [0, 0.1) is 0 Å². The highest BCUT2D eigenvalue weighted by Gasteiger charge is 2.13. The molecule has 0 fully saturated rings. The Morgan fingerprint density at radius 3 is 2.83 bits per heavy atom. The molecular weight excluding hydrogens is 271 g/mol. The first kappa shape index (κ1) is 11.6. The predicted molar refractivity (Wildman–Crippen MR) is 72.1 cm³/mol. The summed E-state index contributed by atoms with van der Waals surface area (Å²) in [6.07, 6.45) is 1.65. The number of imidazole rings is 1. The first-order valence-electron chi connectivity index (χ1n) is 5.51. The van der Waals surface area contributed by atoms with Crippen LogP contribution in [-0.4, -0.2) is 9.55 Å². The Kier molecular flexibility index (Phi) is 3.02. The lowest BCUT2D eigenvalue weighted by molar-refractivity contribution is 0.493. The van der Waals surface area contributed by atoms with Gasteiger partial charge in [-0.25, -0.2) is 4.98 Å². The molecule has 0 aliphatic carbocycles. The number of hydrogen-bond donors (Lipinski definition) is 0. The monoisotopic (exact) mass is 280 g/mol. The summed E-state index contributed by atoms with van der Waals surface area (Å²) in [5.41, 5.74) is 1.75. The van der Waals surface area contributed by atoms with Crippen molar-refractivity contribution in [1.82, 2.24) is 9.55 Å². The minimum absolute atomic E-state index is 0.339. The first-order chi connectivity index (χ1) is 8.79. The zero-order valence-electron chi connectivity index (χ0n) is 9.44. The molecule has 2 heterocycles. The third-order valence-electron chi connectivity index (χ3n) is 2.81. The van der Waals surface area contributed by atoms with Crippen LogP contribution < -0.4 is 0 Å². The Bertz CT molecular complexity index is 674. The van der Waals surface area contributed by atoms with E-state index in [9.17, 15) is 0 Å². The van der Waals surface area contributed by atoms with Gasteiger partial charge in [-0.3, -0.25) is 0 Å². The van der Waals surface area contributed by atoms with Gasteiger partial charge in [0.25, 0.3) is 0 Å². The number of nitrogens with zero attached hydrogens (tertiary/aromatic N) is 2. The topological polar surface area (TPSA) is 31.0 Å². The number of para-hydroxylation sites is 1. The second kappa shape index (κ2) is 4.67. The van der Waals surface area contributed by atoms with E-state index in [0.717, 1.165) is 22.6 Å². The van der Waals surface area contributed by atoms with Crippen molar-refractivity contribution in [1.29, 1.82) is 0 Å². The fourth-order valence-electron chi connectivity index (χ4n) is 2.02. The van der Waals surface area contributed by atoms with Gasteiger partial charge in [-0.05, 0) is 24.3 Å². The second-order valence-corrected chi connectivity index (χ2v) is 4.61. The molecule has 0 saturated carbocycles. The Labute approximate surface area is 114 Å². The number of hydrogen-bond acceptors (Lipinski definition) is 2. The highest BCUT2D eigenvalue weighted by atomic mass is 35.5. The molecule has 2 aromatic heterocycles. The molecule has 3 aromatic rings. The highest BCUT2D eigenvalue weighted by molar-refractivity contribution is 6.35. The lowest BCUT2D eigenvalue weighted by atomic mass is 10.3. The van der Waals surface area contributed by atoms with Gasteiger partial charge < -0.3 is 8.98 Å². The minimum Gasteiger partial charge on any atom is -0.467 e. The smallest absolute Gasteiger partial charge is 0.125 e. The van der Waals surface area contributed by atoms with Crippen molar-refractivity contribution < 1.29 is 4.42 Å². The Balaban J connectivity index is 2.19. The molecule has 92 valence electrons. The summed E-state index contributed by atoms with van der Waals surface area (Å²) in [5, 5.41) is 0.669. The van der Waals surface area contributed by atoms with Crippen molar-refractivity contribution in [3.8, 4) is 0 Å². The molecule has 18 heavy (non-hydrogen) atoms. The van der Waals surface area contributed by atoms with Gasteiger partial charge in [-0.1, -0.05) is 17.7 Å². The molecule has 0 bridgehead atoms. The summed E-state index contributed by atoms with van der Waals surface area (Å²) in [6, 6.07) is 9.43. The summed E-state index contributed by atoms with van der Waals surface area (Å²) in [7, 11) is 0. The molecule has 0 radical (unpaired) electrons. The van der Waals surface area contributed by atoms with Crippen molar-refractivity contribution >= 4 is 34.2 Å². The van der Waals surface area contributed by atoms with Gasteiger partial charge in [-0.2, -0.15) is 0 Å². The molecular formula is C13H10Cl2N2O. The fraction of sp³-hybridized carbons (Fsp3) is 0.154. The van der Waals surface area contributed by atoms with E-state index < -0.39 is 0 Å². The van der Waals surface area contributed by atoms with Crippen molar-refractivity contribution in [2.75, 3.05) is 0 Å². The predicted octanol–water partition coefficient (Wildman–Crippen LogP) is 4.07. The van der Waals surface area contributed by atoms with E-state index >= 15 is 0 Å². The molecule has 0 N–H and O–H groups in total. The third kappa shape index (κ3) is 1.89. The van der Waals surface area contributed by atoms with Crippen molar-refractivity contribution in [2.24, 2.45) is 0 Å². The summed E-state index contributed by atoms with van der Waals surface area (Å²) in [6.45, 7) is 0.579. The lowest BCUT2D eigenvalue weighted by Gasteiger charge is -2.06. The first-order valence-corrected chi connectivity index (χ1v) is 6.43. The molecule has 3 rings (SSSR count). The van der Waals surface area contributed by atoms with Gasteiger partial charge in [0.1, 0.15) is 11.6 Å². The number of aromatic nitrogens is 2. The Morgan fingerprint density at radius 2 is 2.11 bits per heavy atom. The van der Waals surface area contributed by atoms with Crippen LogP contribution in [0.4, 0.5) is 0 Å².